The number of anilines is 1. The Kier molecular flexibility index (Phi) is 6.85. The van der Waals surface area contributed by atoms with Gasteiger partial charge in [0.25, 0.3) is 0 Å². The second kappa shape index (κ2) is 10.4. The van der Waals surface area contributed by atoms with Crippen LogP contribution in [0.2, 0.25) is 0 Å². The molecule has 1 aliphatic carbocycles. The van der Waals surface area contributed by atoms with Crippen molar-refractivity contribution in [3.8, 4) is 17.3 Å². The van der Waals surface area contributed by atoms with Crippen LogP contribution in [0.3, 0.4) is 0 Å². The summed E-state index contributed by atoms with van der Waals surface area (Å²) in [6.45, 7) is 6.51. The Labute approximate surface area is 229 Å². The number of carbonyl (C=O) groups excluding carboxylic acids is 2. The van der Waals surface area contributed by atoms with Gasteiger partial charge in [0.05, 0.1) is 17.9 Å². The smallest absolute Gasteiger partial charge is 0.329 e. The first-order chi connectivity index (χ1) is 18.9. The molecule has 0 unspecified atom stereocenters. The normalized spacial score (nSPS) is 23.6. The van der Waals surface area contributed by atoms with Crippen LogP contribution < -0.4 is 15.0 Å². The molecular formula is C30H36N6O3. The van der Waals surface area contributed by atoms with Crippen molar-refractivity contribution in [1.82, 2.24) is 24.8 Å². The van der Waals surface area contributed by atoms with Crippen molar-refractivity contribution in [2.45, 2.75) is 71.2 Å². The second-order valence-corrected chi connectivity index (χ2v) is 11.1. The van der Waals surface area contributed by atoms with Crippen molar-refractivity contribution in [2.75, 3.05) is 11.4 Å². The van der Waals surface area contributed by atoms with E-state index in [0.717, 1.165) is 36.6 Å². The number of benzene rings is 1. The minimum absolute atomic E-state index is 0.164. The molecule has 3 aromatic rings. The Morgan fingerprint density at radius 1 is 1.05 bits per heavy atom. The van der Waals surface area contributed by atoms with E-state index in [9.17, 15) is 9.59 Å². The Bertz CT molecular complexity index is 1380. The van der Waals surface area contributed by atoms with E-state index in [-0.39, 0.29) is 18.4 Å². The van der Waals surface area contributed by atoms with Gasteiger partial charge in [-0.1, -0.05) is 31.5 Å². The molecule has 0 bridgehead atoms. The zero-order chi connectivity index (χ0) is 27.1. The quantitative estimate of drug-likeness (QED) is 0.486. The van der Waals surface area contributed by atoms with E-state index in [2.05, 4.69) is 59.4 Å². The summed E-state index contributed by atoms with van der Waals surface area (Å²) < 4.78 is 8.17. The Morgan fingerprint density at radius 2 is 1.85 bits per heavy atom. The maximum atomic E-state index is 12.3. The largest absolute Gasteiger partial charge is 0.490 e. The molecule has 204 valence electrons. The molecule has 2 aromatic heterocycles. The highest BCUT2D eigenvalue weighted by molar-refractivity contribution is 6.05. The summed E-state index contributed by atoms with van der Waals surface area (Å²) in [6, 6.07) is 12.5. The zero-order valence-corrected chi connectivity index (χ0v) is 22.9. The average Bonchev–Trinajstić information content (AvgIpc) is 3.45. The van der Waals surface area contributed by atoms with Gasteiger partial charge < -0.3 is 9.30 Å². The third kappa shape index (κ3) is 5.03. The van der Waals surface area contributed by atoms with Crippen LogP contribution in [0.1, 0.15) is 68.8 Å². The zero-order valence-electron chi connectivity index (χ0n) is 22.9. The number of imide groups is 1. The lowest BCUT2D eigenvalue weighted by molar-refractivity contribution is -0.120. The lowest BCUT2D eigenvalue weighted by Gasteiger charge is -2.29. The van der Waals surface area contributed by atoms with Gasteiger partial charge in [0.15, 0.2) is 5.82 Å². The van der Waals surface area contributed by atoms with Gasteiger partial charge in [0, 0.05) is 33.1 Å². The topological polar surface area (TPSA) is 92.6 Å². The summed E-state index contributed by atoms with van der Waals surface area (Å²) in [7, 11) is 1.87. The summed E-state index contributed by atoms with van der Waals surface area (Å²) >= 11 is 0. The number of fused-ring (bicyclic) bond motifs is 1. The predicted molar refractivity (Wildman–Crippen MR) is 148 cm³/mol. The molecule has 9 nitrogen and oxygen atoms in total. The molecular weight excluding hydrogens is 492 g/mol. The van der Waals surface area contributed by atoms with Crippen LogP contribution in [0.4, 0.5) is 10.6 Å². The van der Waals surface area contributed by atoms with E-state index in [1.54, 1.807) is 11.1 Å². The van der Waals surface area contributed by atoms with Gasteiger partial charge >= 0.3 is 6.03 Å². The highest BCUT2D eigenvalue weighted by atomic mass is 16.5. The fraction of sp³-hybridized carbons (Fsp3) is 0.467. The van der Waals surface area contributed by atoms with Gasteiger partial charge in [-0.15, -0.1) is 0 Å². The van der Waals surface area contributed by atoms with Gasteiger partial charge in [0.1, 0.15) is 23.4 Å². The number of nitrogens with one attached hydrogen (secondary N) is 1. The molecule has 2 fully saturated rings. The van der Waals surface area contributed by atoms with Crippen LogP contribution in [-0.2, 0) is 24.9 Å². The third-order valence-corrected chi connectivity index (χ3v) is 8.48. The van der Waals surface area contributed by atoms with Crippen molar-refractivity contribution in [1.29, 1.82) is 0 Å². The van der Waals surface area contributed by atoms with Crippen molar-refractivity contribution < 1.29 is 14.3 Å². The van der Waals surface area contributed by atoms with Gasteiger partial charge in [-0.3, -0.25) is 19.9 Å². The van der Waals surface area contributed by atoms with Gasteiger partial charge in [-0.25, -0.2) is 14.8 Å². The summed E-state index contributed by atoms with van der Waals surface area (Å²) in [5.41, 5.74) is 4.31. The molecule has 6 rings (SSSR count). The first kappa shape index (κ1) is 25.6. The van der Waals surface area contributed by atoms with Crippen molar-refractivity contribution in [2.24, 2.45) is 13.0 Å². The van der Waals surface area contributed by atoms with Crippen molar-refractivity contribution in [3.05, 3.63) is 59.4 Å². The minimum Gasteiger partial charge on any atom is -0.490 e. The number of nitrogens with zero attached hydrogens (tertiary/aromatic N) is 5. The number of ether oxygens (including phenoxy) is 1. The Hall–Kier alpha value is -3.72. The molecule has 9 heteroatoms. The first-order valence-electron chi connectivity index (χ1n) is 14.0. The molecule has 1 N–H and O–H groups in total. The lowest BCUT2D eigenvalue weighted by atomic mass is 9.88. The first-order valence-corrected chi connectivity index (χ1v) is 14.0. The number of urea groups is 1. The molecule has 4 heterocycles. The maximum absolute atomic E-state index is 12.3. The number of imidazole rings is 1. The molecule has 3 atom stereocenters. The number of carbonyl (C=O) groups is 2. The molecule has 1 saturated carbocycles. The van der Waals surface area contributed by atoms with Gasteiger partial charge in [0.2, 0.25) is 5.91 Å². The second-order valence-electron chi connectivity index (χ2n) is 11.1. The highest BCUT2D eigenvalue weighted by Gasteiger charge is 2.31. The van der Waals surface area contributed by atoms with E-state index in [1.165, 1.54) is 30.4 Å². The molecule has 3 aliphatic rings. The molecule has 0 spiro atoms. The maximum Gasteiger partial charge on any atom is 0.329 e. The van der Waals surface area contributed by atoms with E-state index >= 15 is 0 Å². The summed E-state index contributed by atoms with van der Waals surface area (Å²) in [4.78, 5) is 37.4. The van der Waals surface area contributed by atoms with Crippen molar-refractivity contribution >= 4 is 17.8 Å². The standard InChI is InChI=1S/C30H36N6O3/c1-19-6-4-5-7-25(19)39-23-11-8-21(9-12-23)17-35-18-22-10-13-24(32-28(22)20(35)2)29-31-16-27(34(29)3)36-15-14-26(37)33-30(36)38/h8-13,16,19-20,25H,4-7,14-15,17-18H2,1-3H3,(H,33,37,38)/t19-,20+,25+/m1/s1. The Balaban J connectivity index is 1.13. The van der Waals surface area contributed by atoms with Crippen LogP contribution in [0.25, 0.3) is 11.5 Å². The van der Waals surface area contributed by atoms with Gasteiger partial charge in [-0.05, 0) is 61.4 Å². The number of hydrogen-bond acceptors (Lipinski definition) is 6. The van der Waals surface area contributed by atoms with Crippen LogP contribution in [0, 0.1) is 5.92 Å². The number of pyridine rings is 1. The van der Waals surface area contributed by atoms with E-state index < -0.39 is 6.03 Å². The van der Waals surface area contributed by atoms with Crippen LogP contribution in [-0.4, -0.2) is 44.0 Å². The number of rotatable bonds is 6. The van der Waals surface area contributed by atoms with Crippen LogP contribution in [0.5, 0.6) is 5.75 Å². The summed E-state index contributed by atoms with van der Waals surface area (Å²) in [5, 5.41) is 2.37. The van der Waals surface area contributed by atoms with Crippen LogP contribution in [0.15, 0.2) is 42.6 Å². The average molecular weight is 529 g/mol. The number of hydrogen-bond donors (Lipinski definition) is 1. The molecule has 0 radical (unpaired) electrons. The van der Waals surface area contributed by atoms with Crippen LogP contribution >= 0.6 is 0 Å². The van der Waals surface area contributed by atoms with Crippen molar-refractivity contribution in [3.63, 3.8) is 0 Å². The molecule has 39 heavy (non-hydrogen) atoms. The summed E-state index contributed by atoms with van der Waals surface area (Å²) in [5.74, 6) is 2.65. The monoisotopic (exact) mass is 528 g/mol. The lowest BCUT2D eigenvalue weighted by Crippen LogP contribution is -2.50. The number of amides is 3. The fourth-order valence-corrected chi connectivity index (χ4v) is 6.06. The molecule has 1 aromatic carbocycles. The van der Waals surface area contributed by atoms with E-state index in [0.29, 0.717) is 30.2 Å². The van der Waals surface area contributed by atoms with Gasteiger partial charge in [-0.2, -0.15) is 0 Å². The SMILES string of the molecule is C[C@@H]1CCCC[C@@H]1Oc1ccc(CN2Cc3ccc(-c4ncc(N5CCC(=O)NC5=O)n4C)nc3[C@@H]2C)cc1. The summed E-state index contributed by atoms with van der Waals surface area (Å²) in [6.07, 6.45) is 7.24. The molecule has 3 amide bonds. The molecule has 1 saturated heterocycles. The fourth-order valence-electron chi connectivity index (χ4n) is 6.06. The van der Waals surface area contributed by atoms with E-state index in [1.807, 2.05) is 17.7 Å². The number of aromatic nitrogens is 3. The highest BCUT2D eigenvalue weighted by Crippen LogP contribution is 2.35. The minimum atomic E-state index is -0.421. The third-order valence-electron chi connectivity index (χ3n) is 8.48. The Morgan fingerprint density at radius 3 is 2.62 bits per heavy atom. The molecule has 2 aliphatic heterocycles. The van der Waals surface area contributed by atoms with E-state index in [4.69, 9.17) is 9.72 Å². The predicted octanol–water partition coefficient (Wildman–Crippen LogP) is 4.96.